The highest BCUT2D eigenvalue weighted by Crippen LogP contribution is 2.26. The summed E-state index contributed by atoms with van der Waals surface area (Å²) >= 11 is 7.63. The summed E-state index contributed by atoms with van der Waals surface area (Å²) in [5, 5.41) is 2.78. The fourth-order valence-corrected chi connectivity index (χ4v) is 3.09. The highest BCUT2D eigenvalue weighted by Gasteiger charge is 2.08. The lowest BCUT2D eigenvalue weighted by atomic mass is 10.2. The van der Waals surface area contributed by atoms with Crippen LogP contribution in [0, 0.1) is 0 Å². The van der Waals surface area contributed by atoms with Crippen LogP contribution in [-0.4, -0.2) is 14.4 Å². The molecule has 4 rings (SSSR count). The first-order valence-corrected chi connectivity index (χ1v) is 7.70. The molecule has 102 valence electrons. The highest BCUT2D eigenvalue weighted by molar-refractivity contribution is 7.13. The number of hydrogen-bond donors (Lipinski definition) is 0. The monoisotopic (exact) mass is 311 g/mol. The lowest BCUT2D eigenvalue weighted by molar-refractivity contribution is 1.14. The topological polar surface area (TPSA) is 30.2 Å². The van der Waals surface area contributed by atoms with E-state index >= 15 is 0 Å². The van der Waals surface area contributed by atoms with Gasteiger partial charge < -0.3 is 0 Å². The van der Waals surface area contributed by atoms with Crippen LogP contribution in [-0.2, 0) is 0 Å². The van der Waals surface area contributed by atoms with Crippen molar-refractivity contribution >= 4 is 28.6 Å². The Labute approximate surface area is 130 Å². The summed E-state index contributed by atoms with van der Waals surface area (Å²) in [7, 11) is 0. The van der Waals surface area contributed by atoms with E-state index in [1.165, 1.54) is 0 Å². The Bertz CT molecular complexity index is 895. The van der Waals surface area contributed by atoms with Gasteiger partial charge in [0, 0.05) is 16.8 Å². The van der Waals surface area contributed by atoms with Gasteiger partial charge in [0.1, 0.15) is 0 Å². The first kappa shape index (κ1) is 12.6. The number of thiophene rings is 1. The molecule has 3 heterocycles. The molecule has 4 aromatic rings. The third-order valence-corrected chi connectivity index (χ3v) is 4.45. The van der Waals surface area contributed by atoms with Gasteiger partial charge in [-0.3, -0.25) is 4.40 Å². The zero-order valence-electron chi connectivity index (χ0n) is 10.9. The van der Waals surface area contributed by atoms with Gasteiger partial charge >= 0.3 is 0 Å². The zero-order valence-corrected chi connectivity index (χ0v) is 12.5. The molecule has 0 spiro atoms. The summed E-state index contributed by atoms with van der Waals surface area (Å²) in [6.07, 6.45) is 5.69. The Morgan fingerprint density at radius 2 is 1.86 bits per heavy atom. The maximum absolute atomic E-state index is 5.95. The fourth-order valence-electron chi connectivity index (χ4n) is 2.28. The molecule has 0 amide bonds. The smallest absolute Gasteiger partial charge is 0.155 e. The average Bonchev–Trinajstić information content (AvgIpc) is 3.17. The molecule has 0 unspecified atom stereocenters. The maximum Gasteiger partial charge on any atom is 0.155 e. The molecule has 21 heavy (non-hydrogen) atoms. The molecular weight excluding hydrogens is 302 g/mol. The predicted molar refractivity (Wildman–Crippen MR) is 86.7 cm³/mol. The van der Waals surface area contributed by atoms with Crippen molar-refractivity contribution in [3.05, 3.63) is 65.4 Å². The van der Waals surface area contributed by atoms with E-state index in [-0.39, 0.29) is 0 Å². The Balaban J connectivity index is 1.90. The fraction of sp³-hybridized carbons (Fsp3) is 0. The number of rotatable bonds is 2. The van der Waals surface area contributed by atoms with Crippen LogP contribution in [0.25, 0.3) is 27.5 Å². The van der Waals surface area contributed by atoms with Crippen molar-refractivity contribution in [2.75, 3.05) is 0 Å². The molecule has 0 saturated heterocycles. The maximum atomic E-state index is 5.95. The number of nitrogens with zero attached hydrogens (tertiary/aromatic N) is 3. The second kappa shape index (κ2) is 4.98. The first-order chi connectivity index (χ1) is 10.3. The van der Waals surface area contributed by atoms with Gasteiger partial charge in [0.2, 0.25) is 0 Å². The number of hydrogen-bond acceptors (Lipinski definition) is 3. The van der Waals surface area contributed by atoms with Crippen molar-refractivity contribution in [3.63, 3.8) is 0 Å². The summed E-state index contributed by atoms with van der Waals surface area (Å²) in [6, 6.07) is 11.9. The molecule has 0 N–H and O–H groups in total. The summed E-state index contributed by atoms with van der Waals surface area (Å²) in [4.78, 5) is 10.0. The molecule has 0 bridgehead atoms. The van der Waals surface area contributed by atoms with Crippen LogP contribution < -0.4 is 0 Å². The van der Waals surface area contributed by atoms with Gasteiger partial charge in [0.25, 0.3) is 0 Å². The molecule has 0 fully saturated rings. The molecule has 0 aliphatic rings. The molecule has 0 aliphatic heterocycles. The Morgan fingerprint density at radius 1 is 1.00 bits per heavy atom. The van der Waals surface area contributed by atoms with Gasteiger partial charge in [-0.2, -0.15) is 0 Å². The van der Waals surface area contributed by atoms with Gasteiger partial charge in [-0.15, -0.1) is 11.3 Å². The van der Waals surface area contributed by atoms with Crippen molar-refractivity contribution in [3.8, 4) is 21.8 Å². The summed E-state index contributed by atoms with van der Waals surface area (Å²) in [6.45, 7) is 0. The summed E-state index contributed by atoms with van der Waals surface area (Å²) in [5.74, 6) is 0. The van der Waals surface area contributed by atoms with Crippen LogP contribution in [0.15, 0.2) is 60.4 Å². The van der Waals surface area contributed by atoms with Crippen LogP contribution in [0.2, 0.25) is 5.02 Å². The first-order valence-electron chi connectivity index (χ1n) is 6.44. The molecule has 0 radical (unpaired) electrons. The van der Waals surface area contributed by atoms with E-state index in [4.69, 9.17) is 11.6 Å². The average molecular weight is 312 g/mol. The lowest BCUT2D eigenvalue weighted by Crippen LogP contribution is -1.91. The Morgan fingerprint density at radius 3 is 2.62 bits per heavy atom. The zero-order chi connectivity index (χ0) is 14.2. The summed E-state index contributed by atoms with van der Waals surface area (Å²) in [5.41, 5.74) is 3.89. The quantitative estimate of drug-likeness (QED) is 0.533. The van der Waals surface area contributed by atoms with E-state index in [1.807, 2.05) is 42.7 Å². The van der Waals surface area contributed by atoms with Crippen LogP contribution in [0.3, 0.4) is 0 Å². The van der Waals surface area contributed by atoms with Gasteiger partial charge in [-0.25, -0.2) is 9.97 Å². The third-order valence-electron chi connectivity index (χ3n) is 3.31. The van der Waals surface area contributed by atoms with E-state index in [0.29, 0.717) is 0 Å². The minimum Gasteiger partial charge on any atom is -0.296 e. The van der Waals surface area contributed by atoms with Crippen molar-refractivity contribution in [2.45, 2.75) is 0 Å². The normalized spacial score (nSPS) is 11.1. The summed E-state index contributed by atoms with van der Waals surface area (Å²) < 4.78 is 2.06. The third kappa shape index (κ3) is 2.22. The Hall–Kier alpha value is -2.17. The number of halogens is 1. The van der Waals surface area contributed by atoms with Gasteiger partial charge in [0.05, 0.1) is 28.7 Å². The van der Waals surface area contributed by atoms with Crippen molar-refractivity contribution < 1.29 is 0 Å². The second-order valence-corrected chi connectivity index (χ2v) is 6.01. The van der Waals surface area contributed by atoms with Crippen LogP contribution in [0.4, 0.5) is 0 Å². The van der Waals surface area contributed by atoms with Gasteiger partial charge in [-0.1, -0.05) is 29.8 Å². The lowest BCUT2D eigenvalue weighted by Gasteiger charge is -2.04. The molecule has 0 atom stereocenters. The van der Waals surface area contributed by atoms with Crippen molar-refractivity contribution in [1.29, 1.82) is 0 Å². The number of fused-ring (bicyclic) bond motifs is 1. The highest BCUT2D eigenvalue weighted by atomic mass is 35.5. The van der Waals surface area contributed by atoms with Gasteiger partial charge in [-0.05, 0) is 23.6 Å². The molecule has 0 aliphatic carbocycles. The van der Waals surface area contributed by atoms with Crippen LogP contribution >= 0.6 is 22.9 Å². The molecular formula is C16H10ClN3S. The molecule has 3 aromatic heterocycles. The van der Waals surface area contributed by atoms with Crippen LogP contribution in [0.1, 0.15) is 0 Å². The predicted octanol–water partition coefficient (Wildman–Crippen LogP) is 4.78. The van der Waals surface area contributed by atoms with E-state index in [2.05, 4.69) is 25.8 Å². The minimum absolute atomic E-state index is 0.730. The van der Waals surface area contributed by atoms with Crippen molar-refractivity contribution in [1.82, 2.24) is 14.4 Å². The van der Waals surface area contributed by atoms with Gasteiger partial charge in [0.15, 0.2) is 5.65 Å². The SMILES string of the molecule is Clc1ccc(-c2cnc3cnc(-c4cccs4)cn23)cc1. The van der Waals surface area contributed by atoms with Crippen LogP contribution in [0.5, 0.6) is 0 Å². The Kier molecular flexibility index (Phi) is 2.98. The molecule has 1 aromatic carbocycles. The van der Waals surface area contributed by atoms with E-state index in [1.54, 1.807) is 17.5 Å². The van der Waals surface area contributed by atoms with E-state index < -0.39 is 0 Å². The van der Waals surface area contributed by atoms with E-state index in [0.717, 1.165) is 32.5 Å². The standard InChI is InChI=1S/C16H10ClN3S/c17-12-5-3-11(4-6-12)14-8-19-16-9-18-13(10-20(14)16)15-2-1-7-21-15/h1-10H. The minimum atomic E-state index is 0.730. The second-order valence-electron chi connectivity index (χ2n) is 4.63. The molecule has 5 heteroatoms. The van der Waals surface area contributed by atoms with E-state index in [9.17, 15) is 0 Å². The number of aromatic nitrogens is 3. The van der Waals surface area contributed by atoms with Crippen molar-refractivity contribution in [2.24, 2.45) is 0 Å². The molecule has 3 nitrogen and oxygen atoms in total. The molecule has 0 saturated carbocycles. The number of imidazole rings is 1. The largest absolute Gasteiger partial charge is 0.296 e. The number of benzene rings is 1.